The van der Waals surface area contributed by atoms with Gasteiger partial charge in [0.05, 0.1) is 5.69 Å². The zero-order valence-corrected chi connectivity index (χ0v) is 11.6. The lowest BCUT2D eigenvalue weighted by Gasteiger charge is -2.01. The highest BCUT2D eigenvalue weighted by Crippen LogP contribution is 2.27. The second-order valence-corrected chi connectivity index (χ2v) is 4.83. The van der Waals surface area contributed by atoms with Gasteiger partial charge in [0.15, 0.2) is 0 Å². The first-order chi connectivity index (χ1) is 8.52. The normalized spacial score (nSPS) is 10.6. The summed E-state index contributed by atoms with van der Waals surface area (Å²) in [5, 5.41) is 9.03. The highest BCUT2D eigenvalue weighted by molar-refractivity contribution is 9.10. The molecule has 0 aliphatic rings. The molecular formula is C13H12BrNO3. The van der Waals surface area contributed by atoms with E-state index in [1.807, 2.05) is 32.0 Å². The van der Waals surface area contributed by atoms with Crippen LogP contribution in [-0.4, -0.2) is 16.1 Å². The Hall–Kier alpha value is -1.62. The number of rotatable bonds is 3. The SMILES string of the molecule is CCc1nc(-c2ccc(Br)cc2C)oc1C(=O)O. The van der Waals surface area contributed by atoms with Gasteiger partial charge in [0.2, 0.25) is 11.7 Å². The number of hydrogen-bond donors (Lipinski definition) is 1. The van der Waals surface area contributed by atoms with Crippen LogP contribution >= 0.6 is 15.9 Å². The van der Waals surface area contributed by atoms with E-state index in [9.17, 15) is 4.79 Å². The molecule has 0 unspecified atom stereocenters. The molecule has 2 rings (SSSR count). The topological polar surface area (TPSA) is 63.3 Å². The van der Waals surface area contributed by atoms with E-state index in [0.717, 1.165) is 15.6 Å². The van der Waals surface area contributed by atoms with Crippen LogP contribution in [0.2, 0.25) is 0 Å². The quantitative estimate of drug-likeness (QED) is 0.939. The zero-order chi connectivity index (χ0) is 13.3. The van der Waals surface area contributed by atoms with Gasteiger partial charge in [-0.15, -0.1) is 0 Å². The lowest BCUT2D eigenvalue weighted by molar-refractivity contribution is 0.0662. The summed E-state index contributed by atoms with van der Waals surface area (Å²) in [6.45, 7) is 3.78. The Morgan fingerprint density at radius 2 is 2.22 bits per heavy atom. The smallest absolute Gasteiger partial charge is 0.373 e. The maximum atomic E-state index is 11.0. The molecule has 5 heteroatoms. The molecule has 0 radical (unpaired) electrons. The van der Waals surface area contributed by atoms with Crippen molar-refractivity contribution in [3.8, 4) is 11.5 Å². The molecule has 0 spiro atoms. The van der Waals surface area contributed by atoms with Gasteiger partial charge in [-0.25, -0.2) is 9.78 Å². The number of carboxylic acids is 1. The Kier molecular flexibility index (Phi) is 3.52. The minimum absolute atomic E-state index is 0.0742. The lowest BCUT2D eigenvalue weighted by Crippen LogP contribution is -1.98. The van der Waals surface area contributed by atoms with Gasteiger partial charge in [0.25, 0.3) is 0 Å². The van der Waals surface area contributed by atoms with Crippen molar-refractivity contribution in [2.45, 2.75) is 20.3 Å². The second-order valence-electron chi connectivity index (χ2n) is 3.91. The van der Waals surface area contributed by atoms with Crippen molar-refractivity contribution in [1.29, 1.82) is 0 Å². The van der Waals surface area contributed by atoms with E-state index in [4.69, 9.17) is 9.52 Å². The minimum Gasteiger partial charge on any atom is -0.475 e. The molecule has 0 saturated heterocycles. The molecule has 1 heterocycles. The van der Waals surface area contributed by atoms with Crippen LogP contribution < -0.4 is 0 Å². The fourth-order valence-corrected chi connectivity index (χ4v) is 2.22. The van der Waals surface area contributed by atoms with Gasteiger partial charge >= 0.3 is 5.97 Å². The third kappa shape index (κ3) is 2.31. The van der Waals surface area contributed by atoms with Crippen LogP contribution in [0.1, 0.15) is 28.7 Å². The largest absolute Gasteiger partial charge is 0.475 e. The van der Waals surface area contributed by atoms with Gasteiger partial charge < -0.3 is 9.52 Å². The van der Waals surface area contributed by atoms with E-state index in [-0.39, 0.29) is 5.76 Å². The molecule has 0 aliphatic carbocycles. The van der Waals surface area contributed by atoms with Crippen molar-refractivity contribution in [3.05, 3.63) is 39.7 Å². The predicted octanol–water partition coefficient (Wildman–Crippen LogP) is 3.67. The summed E-state index contributed by atoms with van der Waals surface area (Å²) >= 11 is 3.38. The third-order valence-electron chi connectivity index (χ3n) is 2.65. The Balaban J connectivity index is 2.54. The summed E-state index contributed by atoms with van der Waals surface area (Å²) in [6.07, 6.45) is 0.528. The first-order valence-electron chi connectivity index (χ1n) is 5.52. The third-order valence-corrected chi connectivity index (χ3v) is 3.14. The molecule has 94 valence electrons. The van der Waals surface area contributed by atoms with Gasteiger partial charge in [-0.3, -0.25) is 0 Å². The number of hydrogen-bond acceptors (Lipinski definition) is 3. The van der Waals surface area contributed by atoms with Crippen LogP contribution in [0.4, 0.5) is 0 Å². The molecule has 2 aromatic rings. The van der Waals surface area contributed by atoms with E-state index >= 15 is 0 Å². The number of benzene rings is 1. The summed E-state index contributed by atoms with van der Waals surface area (Å²) in [5.74, 6) is -0.801. The summed E-state index contributed by atoms with van der Waals surface area (Å²) in [5.41, 5.74) is 2.26. The van der Waals surface area contributed by atoms with Crippen LogP contribution in [0.25, 0.3) is 11.5 Å². The average Bonchev–Trinajstić information content (AvgIpc) is 2.73. The molecular weight excluding hydrogens is 298 g/mol. The van der Waals surface area contributed by atoms with Crippen LogP contribution in [0.15, 0.2) is 27.1 Å². The van der Waals surface area contributed by atoms with E-state index in [0.29, 0.717) is 18.0 Å². The van der Waals surface area contributed by atoms with Crippen molar-refractivity contribution in [3.63, 3.8) is 0 Å². The van der Waals surface area contributed by atoms with E-state index in [1.54, 1.807) is 0 Å². The van der Waals surface area contributed by atoms with Gasteiger partial charge in [0.1, 0.15) is 0 Å². The fourth-order valence-electron chi connectivity index (χ4n) is 1.74. The molecule has 1 aromatic carbocycles. The number of carbonyl (C=O) groups is 1. The van der Waals surface area contributed by atoms with Gasteiger partial charge in [-0.2, -0.15) is 0 Å². The molecule has 0 fully saturated rings. The van der Waals surface area contributed by atoms with E-state index in [1.165, 1.54) is 0 Å². The average molecular weight is 310 g/mol. The summed E-state index contributed by atoms with van der Waals surface area (Å²) in [6, 6.07) is 5.67. The fraction of sp³-hybridized carbons (Fsp3) is 0.231. The maximum Gasteiger partial charge on any atom is 0.373 e. The molecule has 18 heavy (non-hydrogen) atoms. The van der Waals surface area contributed by atoms with Crippen molar-refractivity contribution in [2.75, 3.05) is 0 Å². The highest BCUT2D eigenvalue weighted by Gasteiger charge is 2.19. The molecule has 0 saturated carbocycles. The highest BCUT2D eigenvalue weighted by atomic mass is 79.9. The monoisotopic (exact) mass is 309 g/mol. The first kappa shape index (κ1) is 12.8. The number of aryl methyl sites for hydroxylation is 2. The Morgan fingerprint density at radius 1 is 1.50 bits per heavy atom. The Bertz CT molecular complexity index is 604. The lowest BCUT2D eigenvalue weighted by atomic mass is 10.1. The molecule has 0 atom stereocenters. The van der Waals surface area contributed by atoms with Crippen molar-refractivity contribution >= 4 is 21.9 Å². The van der Waals surface area contributed by atoms with Gasteiger partial charge in [-0.1, -0.05) is 22.9 Å². The summed E-state index contributed by atoms with van der Waals surface area (Å²) in [4.78, 5) is 15.3. The van der Waals surface area contributed by atoms with E-state index in [2.05, 4.69) is 20.9 Å². The van der Waals surface area contributed by atoms with Crippen LogP contribution in [-0.2, 0) is 6.42 Å². The second kappa shape index (κ2) is 4.94. The van der Waals surface area contributed by atoms with Crippen molar-refractivity contribution < 1.29 is 14.3 Å². The maximum absolute atomic E-state index is 11.0. The Labute approximate surface area is 113 Å². The minimum atomic E-state index is -1.08. The summed E-state index contributed by atoms with van der Waals surface area (Å²) in [7, 11) is 0. The number of oxazole rings is 1. The number of aromatic nitrogens is 1. The molecule has 1 aromatic heterocycles. The number of halogens is 1. The number of aromatic carboxylic acids is 1. The van der Waals surface area contributed by atoms with Gasteiger partial charge in [0, 0.05) is 10.0 Å². The Morgan fingerprint density at radius 3 is 2.72 bits per heavy atom. The van der Waals surface area contributed by atoms with Crippen molar-refractivity contribution in [1.82, 2.24) is 4.98 Å². The van der Waals surface area contributed by atoms with E-state index < -0.39 is 5.97 Å². The number of carboxylic acid groups (broad SMARTS) is 1. The van der Waals surface area contributed by atoms with Crippen LogP contribution in [0.5, 0.6) is 0 Å². The standard InChI is InChI=1S/C13H12BrNO3/c1-3-10-11(13(16)17)18-12(15-10)9-5-4-8(14)6-7(9)2/h4-6H,3H2,1-2H3,(H,16,17). The molecule has 0 amide bonds. The first-order valence-corrected chi connectivity index (χ1v) is 6.31. The summed E-state index contributed by atoms with van der Waals surface area (Å²) < 4.78 is 6.31. The molecule has 1 N–H and O–H groups in total. The van der Waals surface area contributed by atoms with Crippen molar-refractivity contribution in [2.24, 2.45) is 0 Å². The van der Waals surface area contributed by atoms with Gasteiger partial charge in [-0.05, 0) is 37.1 Å². The molecule has 0 bridgehead atoms. The predicted molar refractivity (Wildman–Crippen MR) is 70.7 cm³/mol. The number of nitrogens with zero attached hydrogens (tertiary/aromatic N) is 1. The molecule has 4 nitrogen and oxygen atoms in total. The molecule has 0 aliphatic heterocycles. The zero-order valence-electron chi connectivity index (χ0n) is 10.0. The van der Waals surface area contributed by atoms with Crippen LogP contribution in [0.3, 0.4) is 0 Å². The van der Waals surface area contributed by atoms with Crippen LogP contribution in [0, 0.1) is 6.92 Å².